The molecule has 0 unspecified atom stereocenters. The van der Waals surface area contributed by atoms with Crippen molar-refractivity contribution in [3.8, 4) is 0 Å². The lowest BCUT2D eigenvalue weighted by Crippen LogP contribution is -2.52. The van der Waals surface area contributed by atoms with Crippen molar-refractivity contribution in [3.05, 3.63) is 33.8 Å². The summed E-state index contributed by atoms with van der Waals surface area (Å²) in [6.07, 6.45) is 2.64. The van der Waals surface area contributed by atoms with Crippen LogP contribution in [0.3, 0.4) is 0 Å². The van der Waals surface area contributed by atoms with Crippen LogP contribution in [0.4, 0.5) is 0 Å². The Morgan fingerprint density at radius 1 is 1.30 bits per heavy atom. The van der Waals surface area contributed by atoms with Crippen molar-refractivity contribution in [1.29, 1.82) is 0 Å². The number of nitrogens with two attached hydrogens (primary N) is 1. The summed E-state index contributed by atoms with van der Waals surface area (Å²) in [4.78, 5) is 12.1. The number of amides is 1. The van der Waals surface area contributed by atoms with Gasteiger partial charge >= 0.3 is 0 Å². The Hall–Kier alpha value is -0.770. The highest BCUT2D eigenvalue weighted by Crippen LogP contribution is 2.22. The van der Waals surface area contributed by atoms with Crippen LogP contribution >= 0.6 is 23.2 Å². The third-order valence-electron chi connectivity index (χ3n) is 3.79. The molecule has 3 nitrogen and oxygen atoms in total. The Morgan fingerprint density at radius 3 is 2.45 bits per heavy atom. The van der Waals surface area contributed by atoms with Gasteiger partial charge in [0, 0.05) is 23.0 Å². The van der Waals surface area contributed by atoms with Gasteiger partial charge in [0.1, 0.15) is 0 Å². The zero-order valence-corrected chi connectivity index (χ0v) is 13.5. The zero-order valence-electron chi connectivity index (χ0n) is 12.0. The van der Waals surface area contributed by atoms with Crippen LogP contribution < -0.4 is 11.1 Å². The SMILES string of the molecule is CCC(CC)(CN)NC(=O)CCc1ccc(Cl)cc1Cl. The van der Waals surface area contributed by atoms with E-state index in [2.05, 4.69) is 5.32 Å². The Labute approximate surface area is 130 Å². The molecule has 0 aromatic heterocycles. The molecule has 20 heavy (non-hydrogen) atoms. The maximum atomic E-state index is 12.1. The van der Waals surface area contributed by atoms with Crippen molar-refractivity contribution >= 4 is 29.1 Å². The van der Waals surface area contributed by atoms with Gasteiger partial charge in [0.2, 0.25) is 5.91 Å². The molecule has 3 N–H and O–H groups in total. The first-order valence-corrected chi connectivity index (χ1v) is 7.67. The topological polar surface area (TPSA) is 55.1 Å². The summed E-state index contributed by atoms with van der Waals surface area (Å²) in [5.41, 5.74) is 6.41. The molecule has 0 radical (unpaired) electrons. The van der Waals surface area contributed by atoms with E-state index in [9.17, 15) is 4.79 Å². The molecule has 0 saturated heterocycles. The average molecular weight is 317 g/mol. The first kappa shape index (κ1) is 17.3. The second-order valence-electron chi connectivity index (χ2n) is 4.98. The maximum absolute atomic E-state index is 12.1. The lowest BCUT2D eigenvalue weighted by molar-refractivity contribution is -0.123. The third-order valence-corrected chi connectivity index (χ3v) is 4.37. The first-order chi connectivity index (χ1) is 9.46. The van der Waals surface area contributed by atoms with Crippen LogP contribution in [-0.4, -0.2) is 18.0 Å². The molecule has 0 bridgehead atoms. The van der Waals surface area contributed by atoms with Gasteiger partial charge < -0.3 is 11.1 Å². The van der Waals surface area contributed by atoms with Gasteiger partial charge in [-0.15, -0.1) is 0 Å². The zero-order chi connectivity index (χ0) is 15.2. The van der Waals surface area contributed by atoms with E-state index >= 15 is 0 Å². The molecule has 1 aromatic rings. The molecule has 1 aromatic carbocycles. The molecule has 1 rings (SSSR count). The van der Waals surface area contributed by atoms with Crippen molar-refractivity contribution in [1.82, 2.24) is 5.32 Å². The highest BCUT2D eigenvalue weighted by atomic mass is 35.5. The molecule has 0 fully saturated rings. The van der Waals surface area contributed by atoms with E-state index in [1.807, 2.05) is 19.9 Å². The molecule has 0 aliphatic rings. The largest absolute Gasteiger partial charge is 0.349 e. The van der Waals surface area contributed by atoms with Crippen LogP contribution in [0.25, 0.3) is 0 Å². The van der Waals surface area contributed by atoms with Gasteiger partial charge in [0.15, 0.2) is 0 Å². The first-order valence-electron chi connectivity index (χ1n) is 6.91. The van der Waals surface area contributed by atoms with Crippen LogP contribution in [0.1, 0.15) is 38.7 Å². The number of hydrogen-bond donors (Lipinski definition) is 2. The van der Waals surface area contributed by atoms with E-state index in [0.29, 0.717) is 29.4 Å². The van der Waals surface area contributed by atoms with Gasteiger partial charge in [0.25, 0.3) is 0 Å². The van der Waals surface area contributed by atoms with Crippen LogP contribution in [0.2, 0.25) is 10.0 Å². The molecular weight excluding hydrogens is 295 g/mol. The summed E-state index contributed by atoms with van der Waals surface area (Å²) < 4.78 is 0. The van der Waals surface area contributed by atoms with Crippen LogP contribution in [0, 0.1) is 0 Å². The fourth-order valence-electron chi connectivity index (χ4n) is 2.10. The normalized spacial score (nSPS) is 11.4. The molecule has 0 aliphatic carbocycles. The van der Waals surface area contributed by atoms with E-state index in [1.54, 1.807) is 12.1 Å². The highest BCUT2D eigenvalue weighted by molar-refractivity contribution is 6.35. The summed E-state index contributed by atoms with van der Waals surface area (Å²) in [6, 6.07) is 5.33. The molecule has 0 saturated carbocycles. The number of nitrogens with one attached hydrogen (secondary N) is 1. The second kappa shape index (κ2) is 7.87. The average Bonchev–Trinajstić information content (AvgIpc) is 2.44. The number of halogens is 2. The van der Waals surface area contributed by atoms with Gasteiger partial charge in [-0.2, -0.15) is 0 Å². The minimum absolute atomic E-state index is 0.00478. The molecule has 0 heterocycles. The van der Waals surface area contributed by atoms with Gasteiger partial charge in [-0.25, -0.2) is 0 Å². The van der Waals surface area contributed by atoms with Crippen molar-refractivity contribution in [2.75, 3.05) is 6.54 Å². The molecule has 0 aliphatic heterocycles. The summed E-state index contributed by atoms with van der Waals surface area (Å²) in [6.45, 7) is 4.52. The standard InChI is InChI=1S/C15H22Cl2N2O/c1-3-15(4-2,10-18)19-14(20)8-6-11-5-7-12(16)9-13(11)17/h5,7,9H,3-4,6,8,10,18H2,1-2H3,(H,19,20). The Morgan fingerprint density at radius 2 is 1.95 bits per heavy atom. The van der Waals surface area contributed by atoms with Gasteiger partial charge in [-0.1, -0.05) is 43.1 Å². The number of aryl methyl sites for hydroxylation is 1. The van der Waals surface area contributed by atoms with Gasteiger partial charge in [0.05, 0.1) is 5.54 Å². The van der Waals surface area contributed by atoms with Crippen molar-refractivity contribution in [3.63, 3.8) is 0 Å². The van der Waals surface area contributed by atoms with E-state index in [4.69, 9.17) is 28.9 Å². The van der Waals surface area contributed by atoms with Crippen LogP contribution in [0.5, 0.6) is 0 Å². The molecule has 112 valence electrons. The summed E-state index contributed by atoms with van der Waals surface area (Å²) in [5, 5.41) is 4.25. The lowest BCUT2D eigenvalue weighted by Gasteiger charge is -2.31. The van der Waals surface area contributed by atoms with Crippen molar-refractivity contribution in [2.45, 2.75) is 45.1 Å². The second-order valence-corrected chi connectivity index (χ2v) is 5.82. The third kappa shape index (κ3) is 4.65. The summed E-state index contributed by atoms with van der Waals surface area (Å²) in [7, 11) is 0. The summed E-state index contributed by atoms with van der Waals surface area (Å²) >= 11 is 11.9. The minimum Gasteiger partial charge on any atom is -0.349 e. The number of rotatable bonds is 7. The number of carbonyl (C=O) groups excluding carboxylic acids is 1. The summed E-state index contributed by atoms with van der Waals surface area (Å²) in [5.74, 6) is 0.00478. The molecule has 5 heteroatoms. The highest BCUT2D eigenvalue weighted by Gasteiger charge is 2.25. The van der Waals surface area contributed by atoms with E-state index in [1.165, 1.54) is 0 Å². The number of hydrogen-bond acceptors (Lipinski definition) is 2. The van der Waals surface area contributed by atoms with Crippen molar-refractivity contribution in [2.24, 2.45) is 5.73 Å². The van der Waals surface area contributed by atoms with Crippen LogP contribution in [-0.2, 0) is 11.2 Å². The Kier molecular flexibility index (Phi) is 6.80. The number of carbonyl (C=O) groups is 1. The molecule has 1 amide bonds. The van der Waals surface area contributed by atoms with Gasteiger partial charge in [-0.05, 0) is 37.0 Å². The van der Waals surface area contributed by atoms with Crippen molar-refractivity contribution < 1.29 is 4.79 Å². The molecular formula is C15H22Cl2N2O. The Balaban J connectivity index is 2.59. The quantitative estimate of drug-likeness (QED) is 0.808. The molecule has 0 atom stereocenters. The lowest BCUT2D eigenvalue weighted by atomic mass is 9.92. The fourth-order valence-corrected chi connectivity index (χ4v) is 2.60. The maximum Gasteiger partial charge on any atom is 0.220 e. The van der Waals surface area contributed by atoms with Crippen LogP contribution in [0.15, 0.2) is 18.2 Å². The van der Waals surface area contributed by atoms with E-state index in [0.717, 1.165) is 18.4 Å². The number of benzene rings is 1. The van der Waals surface area contributed by atoms with Gasteiger partial charge in [-0.3, -0.25) is 4.79 Å². The Bertz CT molecular complexity index is 451. The monoisotopic (exact) mass is 316 g/mol. The smallest absolute Gasteiger partial charge is 0.220 e. The predicted octanol–water partition coefficient (Wildman–Crippen LogP) is 3.56. The minimum atomic E-state index is -0.291. The van der Waals surface area contributed by atoms with E-state index < -0.39 is 0 Å². The molecule has 0 spiro atoms. The fraction of sp³-hybridized carbons (Fsp3) is 0.533. The van der Waals surface area contributed by atoms with E-state index in [-0.39, 0.29) is 11.4 Å². The predicted molar refractivity (Wildman–Crippen MR) is 85.3 cm³/mol.